The van der Waals surface area contributed by atoms with Gasteiger partial charge in [0.1, 0.15) is 22.7 Å². The van der Waals surface area contributed by atoms with Crippen LogP contribution in [0.15, 0.2) is 12.1 Å². The lowest BCUT2D eigenvalue weighted by molar-refractivity contribution is -0.298. The van der Waals surface area contributed by atoms with Gasteiger partial charge in [0.15, 0.2) is 12.4 Å². The van der Waals surface area contributed by atoms with Crippen molar-refractivity contribution in [1.82, 2.24) is 9.80 Å². The standard InChI is InChI=1S/C35H59ClN2O10S/c1-12-25-35(8,44)29(40)22(6)38(11)17-18(2)16-34(7,43)30(20(4)27(39)21(5)31(41)46-25)48-33-28(23(37(9)10)15-19(3)45-33)47-32(42)24-13-14-26(36)49-24/h13-14,18-23,25,27-30,33,39-40,43-44H,12,15-17H2,1-11H3/t18-,19-,20+,21-,22-,23+,25-,27+,28-,29-,30-,33+,34-,35-/m1/s1. The largest absolute Gasteiger partial charge is 0.459 e. The van der Waals surface area contributed by atoms with Gasteiger partial charge in [0.25, 0.3) is 0 Å². The minimum absolute atomic E-state index is 0.157. The van der Waals surface area contributed by atoms with E-state index in [9.17, 15) is 30.0 Å². The van der Waals surface area contributed by atoms with E-state index < -0.39 is 77.8 Å². The highest BCUT2D eigenvalue weighted by molar-refractivity contribution is 7.17. The molecule has 0 saturated carbocycles. The van der Waals surface area contributed by atoms with Gasteiger partial charge >= 0.3 is 11.9 Å². The van der Waals surface area contributed by atoms with Crippen molar-refractivity contribution >= 4 is 34.9 Å². The molecule has 4 N–H and O–H groups in total. The predicted molar refractivity (Wildman–Crippen MR) is 187 cm³/mol. The summed E-state index contributed by atoms with van der Waals surface area (Å²) in [4.78, 5) is 31.0. The van der Waals surface area contributed by atoms with Crippen LogP contribution in [-0.2, 0) is 23.7 Å². The predicted octanol–water partition coefficient (Wildman–Crippen LogP) is 3.56. The van der Waals surface area contributed by atoms with Crippen molar-refractivity contribution in [2.45, 2.75) is 141 Å². The third-order valence-electron chi connectivity index (χ3n) is 10.5. The number of aliphatic hydroxyl groups is 4. The number of aliphatic hydroxyl groups excluding tert-OH is 2. The van der Waals surface area contributed by atoms with Gasteiger partial charge in [-0.25, -0.2) is 4.79 Å². The lowest BCUT2D eigenvalue weighted by atomic mass is 9.78. The second-order valence-corrected chi connectivity index (χ2v) is 16.8. The monoisotopic (exact) mass is 734 g/mol. The highest BCUT2D eigenvalue weighted by Gasteiger charge is 2.51. The van der Waals surface area contributed by atoms with Gasteiger partial charge in [-0.1, -0.05) is 32.4 Å². The number of ether oxygens (including phenoxy) is 4. The van der Waals surface area contributed by atoms with Gasteiger partial charge in [0.05, 0.1) is 40.2 Å². The first-order valence-electron chi connectivity index (χ1n) is 17.3. The van der Waals surface area contributed by atoms with E-state index in [2.05, 4.69) is 0 Å². The fourth-order valence-electron chi connectivity index (χ4n) is 7.45. The number of esters is 2. The number of hydrogen-bond acceptors (Lipinski definition) is 13. The van der Waals surface area contributed by atoms with E-state index in [4.69, 9.17) is 30.5 Å². The summed E-state index contributed by atoms with van der Waals surface area (Å²) in [7, 11) is 5.57. The molecule has 282 valence electrons. The first kappa shape index (κ1) is 42.0. The maximum Gasteiger partial charge on any atom is 0.348 e. The molecule has 0 unspecified atom stereocenters. The number of likely N-dealkylation sites (N-methyl/N-ethyl adjacent to an activating group) is 2. The average molecular weight is 735 g/mol. The van der Waals surface area contributed by atoms with E-state index in [0.717, 1.165) is 11.3 Å². The summed E-state index contributed by atoms with van der Waals surface area (Å²) in [5.41, 5.74) is -3.37. The van der Waals surface area contributed by atoms with Crippen LogP contribution in [-0.4, -0.2) is 136 Å². The molecule has 0 radical (unpaired) electrons. The van der Waals surface area contributed by atoms with Gasteiger partial charge in [0.2, 0.25) is 0 Å². The molecule has 3 rings (SSSR count). The Morgan fingerprint density at radius 3 is 2.33 bits per heavy atom. The molecule has 2 aliphatic heterocycles. The van der Waals surface area contributed by atoms with Crippen molar-refractivity contribution in [3.8, 4) is 0 Å². The van der Waals surface area contributed by atoms with Crippen LogP contribution in [0.3, 0.4) is 0 Å². The van der Waals surface area contributed by atoms with Crippen LogP contribution >= 0.6 is 22.9 Å². The van der Waals surface area contributed by atoms with Gasteiger partial charge in [-0.15, -0.1) is 11.3 Å². The van der Waals surface area contributed by atoms with E-state index in [1.54, 1.807) is 39.8 Å². The molecular weight excluding hydrogens is 676 g/mol. The minimum atomic E-state index is -1.78. The summed E-state index contributed by atoms with van der Waals surface area (Å²) in [5, 5.41) is 46.7. The Morgan fingerprint density at radius 1 is 1.14 bits per heavy atom. The molecule has 2 fully saturated rings. The summed E-state index contributed by atoms with van der Waals surface area (Å²) in [5.74, 6) is -3.47. The van der Waals surface area contributed by atoms with Crippen molar-refractivity contribution in [3.63, 3.8) is 0 Å². The number of hydrogen-bond donors (Lipinski definition) is 4. The molecule has 14 heteroatoms. The number of nitrogens with zero attached hydrogens (tertiary/aromatic N) is 2. The Balaban J connectivity index is 2.06. The van der Waals surface area contributed by atoms with Crippen LogP contribution in [0.1, 0.15) is 84.3 Å². The second kappa shape index (κ2) is 17.0. The lowest BCUT2D eigenvalue weighted by Crippen LogP contribution is -2.60. The zero-order valence-electron chi connectivity index (χ0n) is 30.8. The summed E-state index contributed by atoms with van der Waals surface area (Å²) in [6, 6.07) is 2.36. The maximum absolute atomic E-state index is 13.5. The first-order chi connectivity index (χ1) is 22.6. The summed E-state index contributed by atoms with van der Waals surface area (Å²) in [6.07, 6.45) is -6.20. The van der Waals surface area contributed by atoms with Crippen LogP contribution in [0.25, 0.3) is 0 Å². The maximum atomic E-state index is 13.5. The Hall–Kier alpha value is -1.39. The zero-order valence-corrected chi connectivity index (χ0v) is 32.4. The smallest absolute Gasteiger partial charge is 0.348 e. The average Bonchev–Trinajstić information content (AvgIpc) is 3.46. The Morgan fingerprint density at radius 2 is 1.78 bits per heavy atom. The Kier molecular flexibility index (Phi) is 14.5. The molecule has 2 saturated heterocycles. The van der Waals surface area contributed by atoms with Crippen molar-refractivity contribution in [3.05, 3.63) is 21.3 Å². The molecule has 12 nitrogen and oxygen atoms in total. The Bertz CT molecular complexity index is 1250. The summed E-state index contributed by atoms with van der Waals surface area (Å²) < 4.78 is 25.3. The van der Waals surface area contributed by atoms with Crippen LogP contribution in [0.2, 0.25) is 4.34 Å². The zero-order chi connectivity index (χ0) is 37.2. The van der Waals surface area contributed by atoms with Gasteiger partial charge in [-0.2, -0.15) is 0 Å². The quantitative estimate of drug-likeness (QED) is 0.316. The van der Waals surface area contributed by atoms with E-state index in [-0.39, 0.29) is 30.9 Å². The molecule has 0 spiro atoms. The molecule has 49 heavy (non-hydrogen) atoms. The number of rotatable bonds is 6. The molecule has 0 aliphatic carbocycles. The van der Waals surface area contributed by atoms with Gasteiger partial charge < -0.3 is 49.2 Å². The van der Waals surface area contributed by atoms with Crippen molar-refractivity contribution in [2.24, 2.45) is 17.8 Å². The van der Waals surface area contributed by atoms with Crippen molar-refractivity contribution in [2.75, 3.05) is 27.7 Å². The molecule has 0 bridgehead atoms. The minimum Gasteiger partial charge on any atom is -0.459 e. The Labute approximate surface area is 300 Å². The van der Waals surface area contributed by atoms with E-state index >= 15 is 0 Å². The molecule has 1 aromatic heterocycles. The molecule has 0 amide bonds. The number of cyclic esters (lactones) is 1. The lowest BCUT2D eigenvalue weighted by Gasteiger charge is -2.47. The fourth-order valence-corrected chi connectivity index (χ4v) is 8.38. The normalized spacial score (nSPS) is 42.3. The molecule has 14 atom stereocenters. The van der Waals surface area contributed by atoms with Gasteiger partial charge in [-0.3, -0.25) is 4.79 Å². The van der Waals surface area contributed by atoms with E-state index in [1.165, 1.54) is 13.8 Å². The SMILES string of the molecule is CC[C@H]1OC(=O)[C@H](C)[C@@H](O)[C@H](C)[C@@H](O[C@@H]2O[C@H](C)C[C@H](N(C)C)[C@H]2OC(=O)c2ccc(Cl)s2)[C@](C)(O)C[C@@H](C)CN(C)[C@H](C)[C@@H](O)[C@]1(C)O. The number of thiophene rings is 1. The molecule has 3 heterocycles. The molecule has 0 aromatic carbocycles. The fraction of sp³-hybridized carbons (Fsp3) is 0.829. The third kappa shape index (κ3) is 9.94. The van der Waals surface area contributed by atoms with Crippen LogP contribution in [0.4, 0.5) is 0 Å². The van der Waals surface area contributed by atoms with E-state index in [1.807, 2.05) is 44.8 Å². The highest BCUT2D eigenvalue weighted by atomic mass is 35.5. The van der Waals surface area contributed by atoms with Gasteiger partial charge in [0, 0.05) is 18.5 Å². The summed E-state index contributed by atoms with van der Waals surface area (Å²) in [6.45, 7) is 14.1. The molecular formula is C35H59ClN2O10S. The van der Waals surface area contributed by atoms with Crippen LogP contribution in [0.5, 0.6) is 0 Å². The van der Waals surface area contributed by atoms with Crippen LogP contribution < -0.4 is 0 Å². The van der Waals surface area contributed by atoms with Crippen LogP contribution in [0, 0.1) is 17.8 Å². The second-order valence-electron chi connectivity index (χ2n) is 15.1. The van der Waals surface area contributed by atoms with Crippen molar-refractivity contribution in [1.29, 1.82) is 0 Å². The topological polar surface area (TPSA) is 158 Å². The van der Waals surface area contributed by atoms with E-state index in [0.29, 0.717) is 22.2 Å². The van der Waals surface area contributed by atoms with Crippen molar-refractivity contribution < 1.29 is 49.0 Å². The summed E-state index contributed by atoms with van der Waals surface area (Å²) >= 11 is 7.19. The molecule has 1 aromatic rings. The first-order valence-corrected chi connectivity index (χ1v) is 18.5. The highest BCUT2D eigenvalue weighted by Crippen LogP contribution is 2.37. The number of halogens is 1. The molecule has 2 aliphatic rings. The number of carbonyl (C=O) groups excluding carboxylic acids is 2. The third-order valence-corrected chi connectivity index (χ3v) is 11.7. The van der Waals surface area contributed by atoms with Gasteiger partial charge in [-0.05, 0) is 93.1 Å². The number of carbonyl (C=O) groups is 2.